The van der Waals surface area contributed by atoms with Gasteiger partial charge in [0.1, 0.15) is 5.69 Å². The van der Waals surface area contributed by atoms with E-state index in [0.717, 1.165) is 17.7 Å². The lowest BCUT2D eigenvalue weighted by molar-refractivity contribution is -0.137. The maximum atomic E-state index is 12.4. The second-order valence-electron chi connectivity index (χ2n) is 4.30. The Balaban J connectivity index is 2.37. The van der Waals surface area contributed by atoms with Crippen LogP contribution < -0.4 is 5.73 Å². The van der Waals surface area contributed by atoms with E-state index in [9.17, 15) is 18.0 Å². The monoisotopic (exact) mass is 280 g/mol. The van der Waals surface area contributed by atoms with E-state index >= 15 is 0 Å². The summed E-state index contributed by atoms with van der Waals surface area (Å²) in [5, 5.41) is 0. The standard InChI is InChI=1S/C14H11F3N2O/c1-8-3-2-4-10(12(8)18)13(20)11-6-5-9(7-19-11)14(15,16)17/h2-7H,18H2,1H3. The fourth-order valence-corrected chi connectivity index (χ4v) is 1.71. The summed E-state index contributed by atoms with van der Waals surface area (Å²) in [6.07, 6.45) is -3.84. The molecule has 1 aromatic heterocycles. The highest BCUT2D eigenvalue weighted by molar-refractivity contribution is 6.11. The van der Waals surface area contributed by atoms with Crippen LogP contribution in [0.5, 0.6) is 0 Å². The third-order valence-electron chi connectivity index (χ3n) is 2.89. The number of halogens is 3. The summed E-state index contributed by atoms with van der Waals surface area (Å²) in [5.74, 6) is -0.500. The van der Waals surface area contributed by atoms with Gasteiger partial charge in [-0.25, -0.2) is 0 Å². The molecule has 20 heavy (non-hydrogen) atoms. The first-order chi connectivity index (χ1) is 9.30. The summed E-state index contributed by atoms with van der Waals surface area (Å²) in [6, 6.07) is 6.79. The Morgan fingerprint density at radius 2 is 1.90 bits per heavy atom. The number of benzene rings is 1. The van der Waals surface area contributed by atoms with Gasteiger partial charge >= 0.3 is 6.18 Å². The quantitative estimate of drug-likeness (QED) is 0.678. The minimum absolute atomic E-state index is 0.0738. The van der Waals surface area contributed by atoms with Gasteiger partial charge in [-0.2, -0.15) is 13.2 Å². The van der Waals surface area contributed by atoms with E-state index in [-0.39, 0.29) is 11.3 Å². The smallest absolute Gasteiger partial charge is 0.398 e. The van der Waals surface area contributed by atoms with Gasteiger partial charge in [0.2, 0.25) is 5.78 Å². The van der Waals surface area contributed by atoms with Gasteiger partial charge in [-0.3, -0.25) is 9.78 Å². The van der Waals surface area contributed by atoms with Gasteiger partial charge < -0.3 is 5.73 Å². The van der Waals surface area contributed by atoms with Crippen LogP contribution in [0, 0.1) is 6.92 Å². The number of aromatic nitrogens is 1. The van der Waals surface area contributed by atoms with Crippen LogP contribution in [0.2, 0.25) is 0 Å². The predicted molar refractivity (Wildman–Crippen MR) is 68.3 cm³/mol. The Kier molecular flexibility index (Phi) is 3.48. The molecule has 0 aliphatic carbocycles. The molecule has 2 N–H and O–H groups in total. The van der Waals surface area contributed by atoms with Crippen LogP contribution in [-0.4, -0.2) is 10.8 Å². The Hall–Kier alpha value is -2.37. The lowest BCUT2D eigenvalue weighted by atomic mass is 10.0. The fraction of sp³-hybridized carbons (Fsp3) is 0.143. The molecule has 0 bridgehead atoms. The van der Waals surface area contributed by atoms with Gasteiger partial charge in [-0.1, -0.05) is 12.1 Å². The van der Waals surface area contributed by atoms with E-state index in [1.165, 1.54) is 6.07 Å². The zero-order valence-electron chi connectivity index (χ0n) is 10.5. The van der Waals surface area contributed by atoms with Crippen molar-refractivity contribution < 1.29 is 18.0 Å². The second kappa shape index (κ2) is 4.96. The molecule has 0 saturated carbocycles. The maximum Gasteiger partial charge on any atom is 0.417 e. The molecular formula is C14H11F3N2O. The van der Waals surface area contributed by atoms with E-state index in [2.05, 4.69) is 4.98 Å². The first kappa shape index (κ1) is 14.0. The molecule has 0 unspecified atom stereocenters. The highest BCUT2D eigenvalue weighted by Crippen LogP contribution is 2.28. The van der Waals surface area contributed by atoms with Gasteiger partial charge in [0.15, 0.2) is 0 Å². The number of nitrogens with two attached hydrogens (primary N) is 1. The van der Waals surface area contributed by atoms with Gasteiger partial charge in [-0.15, -0.1) is 0 Å². The summed E-state index contributed by atoms with van der Waals surface area (Å²) < 4.78 is 37.2. The number of para-hydroxylation sites is 1. The van der Waals surface area contributed by atoms with E-state index in [1.54, 1.807) is 19.1 Å². The van der Waals surface area contributed by atoms with Gasteiger partial charge in [0.05, 0.1) is 5.56 Å². The van der Waals surface area contributed by atoms with Gasteiger partial charge in [-0.05, 0) is 30.7 Å². The molecule has 2 aromatic rings. The minimum Gasteiger partial charge on any atom is -0.398 e. The Morgan fingerprint density at radius 3 is 2.45 bits per heavy atom. The van der Waals surface area contributed by atoms with Crippen molar-refractivity contribution >= 4 is 11.5 Å². The van der Waals surface area contributed by atoms with Crippen LogP contribution in [0.1, 0.15) is 27.2 Å². The van der Waals surface area contributed by atoms with E-state index in [4.69, 9.17) is 5.73 Å². The van der Waals surface area contributed by atoms with Crippen LogP contribution in [0.4, 0.5) is 18.9 Å². The molecule has 0 radical (unpaired) electrons. The molecule has 0 spiro atoms. The normalized spacial score (nSPS) is 11.4. The number of alkyl halides is 3. The number of nitrogen functional groups attached to an aromatic ring is 1. The van der Waals surface area contributed by atoms with Crippen molar-refractivity contribution in [3.05, 3.63) is 58.9 Å². The van der Waals surface area contributed by atoms with Crippen LogP contribution in [0.15, 0.2) is 36.5 Å². The van der Waals surface area contributed by atoms with E-state index in [1.807, 2.05) is 0 Å². The molecule has 6 heteroatoms. The molecule has 0 aliphatic heterocycles. The van der Waals surface area contributed by atoms with Crippen molar-refractivity contribution in [3.63, 3.8) is 0 Å². The number of aryl methyl sites for hydroxylation is 1. The van der Waals surface area contributed by atoms with Gasteiger partial charge in [0.25, 0.3) is 0 Å². The van der Waals surface area contributed by atoms with E-state index in [0.29, 0.717) is 11.9 Å². The average Bonchev–Trinajstić information content (AvgIpc) is 2.40. The summed E-state index contributed by atoms with van der Waals surface area (Å²) >= 11 is 0. The zero-order valence-corrected chi connectivity index (χ0v) is 10.5. The zero-order chi connectivity index (χ0) is 14.9. The number of rotatable bonds is 2. The van der Waals surface area contributed by atoms with Crippen LogP contribution >= 0.6 is 0 Å². The molecule has 0 aliphatic rings. The van der Waals surface area contributed by atoms with E-state index < -0.39 is 17.5 Å². The Labute approximate surface area is 113 Å². The van der Waals surface area contributed by atoms with Crippen molar-refractivity contribution in [3.8, 4) is 0 Å². The second-order valence-corrected chi connectivity index (χ2v) is 4.30. The third-order valence-corrected chi connectivity index (χ3v) is 2.89. The Morgan fingerprint density at radius 1 is 1.20 bits per heavy atom. The number of ketones is 1. The number of anilines is 1. The summed E-state index contributed by atoms with van der Waals surface area (Å²) in [6.45, 7) is 1.74. The third kappa shape index (κ3) is 2.64. The first-order valence-electron chi connectivity index (χ1n) is 5.73. The molecule has 104 valence electrons. The number of carbonyl (C=O) groups is 1. The predicted octanol–water partition coefficient (Wildman–Crippen LogP) is 3.22. The molecule has 0 atom stereocenters. The topological polar surface area (TPSA) is 56.0 Å². The summed E-state index contributed by atoms with van der Waals surface area (Å²) in [7, 11) is 0. The molecule has 3 nitrogen and oxygen atoms in total. The number of carbonyl (C=O) groups excluding carboxylic acids is 1. The Bertz CT molecular complexity index is 648. The van der Waals surface area contributed by atoms with Crippen molar-refractivity contribution in [2.24, 2.45) is 0 Å². The van der Waals surface area contributed by atoms with Crippen molar-refractivity contribution in [1.82, 2.24) is 4.98 Å². The SMILES string of the molecule is Cc1cccc(C(=O)c2ccc(C(F)(F)F)cn2)c1N. The maximum absolute atomic E-state index is 12.4. The molecule has 1 heterocycles. The van der Waals surface area contributed by atoms with Crippen molar-refractivity contribution in [2.45, 2.75) is 13.1 Å². The highest BCUT2D eigenvalue weighted by Gasteiger charge is 2.31. The molecule has 2 rings (SSSR count). The largest absolute Gasteiger partial charge is 0.417 e. The van der Waals surface area contributed by atoms with Crippen molar-refractivity contribution in [1.29, 1.82) is 0 Å². The summed E-state index contributed by atoms with van der Waals surface area (Å²) in [4.78, 5) is 15.7. The fourth-order valence-electron chi connectivity index (χ4n) is 1.71. The van der Waals surface area contributed by atoms with Crippen LogP contribution in [0.3, 0.4) is 0 Å². The highest BCUT2D eigenvalue weighted by atomic mass is 19.4. The lowest BCUT2D eigenvalue weighted by Gasteiger charge is -2.08. The number of pyridine rings is 1. The molecule has 0 amide bonds. The minimum atomic E-state index is -4.48. The van der Waals surface area contributed by atoms with Gasteiger partial charge in [0, 0.05) is 17.4 Å². The molecule has 0 saturated heterocycles. The number of hydrogen-bond donors (Lipinski definition) is 1. The average molecular weight is 280 g/mol. The molecular weight excluding hydrogens is 269 g/mol. The number of nitrogens with zero attached hydrogens (tertiary/aromatic N) is 1. The molecule has 1 aromatic carbocycles. The first-order valence-corrected chi connectivity index (χ1v) is 5.73. The lowest BCUT2D eigenvalue weighted by Crippen LogP contribution is -2.10. The van der Waals surface area contributed by atoms with Crippen molar-refractivity contribution in [2.75, 3.05) is 5.73 Å². The summed E-state index contributed by atoms with van der Waals surface area (Å²) in [5.41, 5.74) is 6.08. The number of hydrogen-bond acceptors (Lipinski definition) is 3. The van der Waals surface area contributed by atoms with Crippen LogP contribution in [0.25, 0.3) is 0 Å². The van der Waals surface area contributed by atoms with Crippen LogP contribution in [-0.2, 0) is 6.18 Å². The molecule has 0 fully saturated rings.